The molecule has 2 aliphatic heterocycles. The molecule has 2 saturated heterocycles. The lowest BCUT2D eigenvalue weighted by Gasteiger charge is -2.39. The maximum Gasteiger partial charge on any atom is 0.256 e. The molecule has 174 valence electrons. The molecule has 0 saturated carbocycles. The lowest BCUT2D eigenvalue weighted by molar-refractivity contribution is 0.0542. The predicted octanol–water partition coefficient (Wildman–Crippen LogP) is 3.12. The van der Waals surface area contributed by atoms with Gasteiger partial charge in [-0.05, 0) is 38.8 Å². The van der Waals surface area contributed by atoms with Crippen LogP contribution in [0.2, 0.25) is 0 Å². The van der Waals surface area contributed by atoms with Gasteiger partial charge in [0.15, 0.2) is 0 Å². The average molecular weight is 504 g/mol. The first kappa shape index (κ1) is 22.6. The van der Waals surface area contributed by atoms with Crippen molar-refractivity contribution in [2.45, 2.75) is 45.2 Å². The Balaban J connectivity index is 1.27. The zero-order chi connectivity index (χ0) is 23.3. The summed E-state index contributed by atoms with van der Waals surface area (Å²) < 4.78 is 25.4. The SMILES string of the molecule is Cc1nc(C)c(-c2csc(Cc3ccc(C(=O)N4[C@@H]5CC[C@H]4CN(S(C)(=O)=O)C5)cn3)n2)s1. The van der Waals surface area contributed by atoms with Crippen LogP contribution in [0.3, 0.4) is 0 Å². The van der Waals surface area contributed by atoms with Gasteiger partial charge in [-0.3, -0.25) is 9.78 Å². The Morgan fingerprint density at radius 2 is 1.88 bits per heavy atom. The Bertz CT molecular complexity index is 1290. The molecule has 0 unspecified atom stereocenters. The van der Waals surface area contributed by atoms with Gasteiger partial charge in [-0.25, -0.2) is 18.4 Å². The van der Waals surface area contributed by atoms with E-state index in [-0.39, 0.29) is 18.0 Å². The first-order valence-corrected chi connectivity index (χ1v) is 14.3. The Labute approximate surface area is 201 Å². The van der Waals surface area contributed by atoms with Crippen molar-refractivity contribution in [2.75, 3.05) is 19.3 Å². The fourth-order valence-corrected chi connectivity index (χ4v) is 7.33. The van der Waals surface area contributed by atoms with Crippen molar-refractivity contribution in [3.8, 4) is 10.6 Å². The standard InChI is InChI=1S/C22H25N5O3S3/c1-13-21(32-14(2)24-13)19-12-31-20(25-19)8-16-5-4-15(9-23-16)22(28)27-17-6-7-18(27)11-26(10-17)33(3,29)30/h4-5,9,12,17-18H,6-8,10-11H2,1-3H3/t17-,18+. The molecule has 0 aromatic carbocycles. The molecule has 2 bridgehead atoms. The fourth-order valence-electron chi connectivity index (χ4n) is 4.69. The fraction of sp³-hybridized carbons (Fsp3) is 0.455. The van der Waals surface area contributed by atoms with Crippen LogP contribution < -0.4 is 0 Å². The third-order valence-electron chi connectivity index (χ3n) is 6.24. The van der Waals surface area contributed by atoms with E-state index in [1.807, 2.05) is 30.9 Å². The molecule has 5 heterocycles. The minimum atomic E-state index is -3.24. The van der Waals surface area contributed by atoms with Gasteiger partial charge in [0.05, 0.1) is 38.1 Å². The van der Waals surface area contributed by atoms with E-state index in [0.717, 1.165) is 44.8 Å². The number of piperazine rings is 1. The number of aromatic nitrogens is 3. The van der Waals surface area contributed by atoms with Crippen molar-refractivity contribution in [3.63, 3.8) is 0 Å². The Morgan fingerprint density at radius 1 is 1.15 bits per heavy atom. The summed E-state index contributed by atoms with van der Waals surface area (Å²) in [4.78, 5) is 29.9. The molecule has 2 atom stereocenters. The number of thiazole rings is 2. The molecule has 2 fully saturated rings. The van der Waals surface area contributed by atoms with Crippen LogP contribution in [0, 0.1) is 13.8 Å². The van der Waals surface area contributed by atoms with Gasteiger partial charge >= 0.3 is 0 Å². The monoisotopic (exact) mass is 503 g/mol. The average Bonchev–Trinajstić information content (AvgIpc) is 3.42. The lowest BCUT2D eigenvalue weighted by Crippen LogP contribution is -2.56. The van der Waals surface area contributed by atoms with Crippen LogP contribution in [0.15, 0.2) is 23.7 Å². The Morgan fingerprint density at radius 3 is 2.45 bits per heavy atom. The minimum Gasteiger partial charge on any atom is -0.330 e. The predicted molar refractivity (Wildman–Crippen MR) is 129 cm³/mol. The van der Waals surface area contributed by atoms with E-state index >= 15 is 0 Å². The van der Waals surface area contributed by atoms with Crippen LogP contribution >= 0.6 is 22.7 Å². The zero-order valence-corrected chi connectivity index (χ0v) is 21.1. The second-order valence-corrected chi connectivity index (χ2v) is 12.8. The molecule has 5 rings (SSSR count). The number of carbonyl (C=O) groups is 1. The normalized spacial score (nSPS) is 21.0. The van der Waals surface area contributed by atoms with Crippen LogP contribution in [0.4, 0.5) is 0 Å². The van der Waals surface area contributed by atoms with Crippen LogP contribution in [0.25, 0.3) is 10.6 Å². The van der Waals surface area contributed by atoms with E-state index in [2.05, 4.69) is 15.3 Å². The number of pyridine rings is 1. The molecule has 0 spiro atoms. The van der Waals surface area contributed by atoms with Gasteiger partial charge in [-0.1, -0.05) is 0 Å². The van der Waals surface area contributed by atoms with E-state index in [0.29, 0.717) is 25.1 Å². The van der Waals surface area contributed by atoms with Crippen molar-refractivity contribution >= 4 is 38.6 Å². The van der Waals surface area contributed by atoms with E-state index in [9.17, 15) is 13.2 Å². The Kier molecular flexibility index (Phi) is 5.84. The second kappa shape index (κ2) is 8.53. The summed E-state index contributed by atoms with van der Waals surface area (Å²) in [7, 11) is -3.24. The summed E-state index contributed by atoms with van der Waals surface area (Å²) in [6.45, 7) is 4.75. The first-order chi connectivity index (χ1) is 15.7. The lowest BCUT2D eigenvalue weighted by atomic mass is 10.1. The highest BCUT2D eigenvalue weighted by molar-refractivity contribution is 7.88. The third-order valence-corrected chi connectivity index (χ3v) is 9.42. The summed E-state index contributed by atoms with van der Waals surface area (Å²) in [5, 5.41) is 4.06. The number of fused-ring (bicyclic) bond motifs is 2. The molecule has 33 heavy (non-hydrogen) atoms. The molecule has 2 aliphatic rings. The smallest absolute Gasteiger partial charge is 0.256 e. The van der Waals surface area contributed by atoms with Crippen molar-refractivity contribution in [3.05, 3.63) is 50.7 Å². The van der Waals surface area contributed by atoms with Gasteiger partial charge in [-0.15, -0.1) is 22.7 Å². The largest absolute Gasteiger partial charge is 0.330 e. The molecule has 0 N–H and O–H groups in total. The minimum absolute atomic E-state index is 0.0673. The van der Waals surface area contributed by atoms with Gasteiger partial charge in [0.1, 0.15) is 0 Å². The van der Waals surface area contributed by atoms with Gasteiger partial charge in [0.25, 0.3) is 5.91 Å². The molecule has 11 heteroatoms. The molecular formula is C22H25N5O3S3. The van der Waals surface area contributed by atoms with Crippen molar-refractivity contribution < 1.29 is 13.2 Å². The molecule has 0 radical (unpaired) electrons. The summed E-state index contributed by atoms with van der Waals surface area (Å²) in [5.41, 5.74) is 3.35. The number of aryl methyl sites for hydroxylation is 2. The van der Waals surface area contributed by atoms with Crippen LogP contribution in [0.1, 0.15) is 44.6 Å². The topological polar surface area (TPSA) is 96.4 Å². The summed E-state index contributed by atoms with van der Waals surface area (Å²) in [6, 6.07) is 3.56. The molecule has 0 aliphatic carbocycles. The molecule has 1 amide bonds. The van der Waals surface area contributed by atoms with E-state index in [1.165, 1.54) is 10.6 Å². The van der Waals surface area contributed by atoms with E-state index < -0.39 is 10.0 Å². The molecular weight excluding hydrogens is 478 g/mol. The van der Waals surface area contributed by atoms with Gasteiger partial charge in [-0.2, -0.15) is 4.31 Å². The quantitative estimate of drug-likeness (QED) is 0.531. The molecule has 3 aromatic heterocycles. The van der Waals surface area contributed by atoms with Crippen molar-refractivity contribution in [2.24, 2.45) is 0 Å². The highest BCUT2D eigenvalue weighted by Crippen LogP contribution is 2.33. The Hall–Kier alpha value is -2.21. The number of hydrogen-bond donors (Lipinski definition) is 0. The molecule has 8 nitrogen and oxygen atoms in total. The summed E-state index contributed by atoms with van der Waals surface area (Å²) in [5.74, 6) is -0.0673. The molecule has 3 aromatic rings. The third kappa shape index (κ3) is 4.46. The summed E-state index contributed by atoms with van der Waals surface area (Å²) in [6.07, 6.45) is 5.13. The van der Waals surface area contributed by atoms with Crippen molar-refractivity contribution in [1.29, 1.82) is 0 Å². The first-order valence-electron chi connectivity index (χ1n) is 10.8. The van der Waals surface area contributed by atoms with Crippen LogP contribution in [-0.4, -0.2) is 69.9 Å². The maximum absolute atomic E-state index is 13.2. The number of carbonyl (C=O) groups excluding carboxylic acids is 1. The van der Waals surface area contributed by atoms with Gasteiger partial charge in [0.2, 0.25) is 10.0 Å². The number of amides is 1. The maximum atomic E-state index is 13.2. The number of hydrogen-bond acceptors (Lipinski definition) is 8. The second-order valence-electron chi connectivity index (χ2n) is 8.67. The van der Waals surface area contributed by atoms with Crippen LogP contribution in [0.5, 0.6) is 0 Å². The number of sulfonamides is 1. The van der Waals surface area contributed by atoms with E-state index in [4.69, 9.17) is 4.98 Å². The zero-order valence-electron chi connectivity index (χ0n) is 18.7. The van der Waals surface area contributed by atoms with Crippen LogP contribution in [-0.2, 0) is 16.4 Å². The van der Waals surface area contributed by atoms with Gasteiger partial charge < -0.3 is 4.90 Å². The highest BCUT2D eigenvalue weighted by Gasteiger charge is 2.44. The van der Waals surface area contributed by atoms with Crippen molar-refractivity contribution in [1.82, 2.24) is 24.2 Å². The van der Waals surface area contributed by atoms with E-state index in [1.54, 1.807) is 28.9 Å². The number of nitrogens with zero attached hydrogens (tertiary/aromatic N) is 5. The number of rotatable bonds is 5. The van der Waals surface area contributed by atoms with Gasteiger partial charge in [0, 0.05) is 48.9 Å². The summed E-state index contributed by atoms with van der Waals surface area (Å²) >= 11 is 3.25. The highest BCUT2D eigenvalue weighted by atomic mass is 32.2.